The minimum atomic E-state index is -0.974. The van der Waals surface area contributed by atoms with Crippen LogP contribution in [-0.4, -0.2) is 22.2 Å². The summed E-state index contributed by atoms with van der Waals surface area (Å²) in [6.07, 6.45) is -0.122. The predicted molar refractivity (Wildman–Crippen MR) is 56.1 cm³/mol. The van der Waals surface area contributed by atoms with Crippen LogP contribution in [0.3, 0.4) is 0 Å². The number of carboxylic acid groups (broad SMARTS) is 1. The van der Waals surface area contributed by atoms with Crippen molar-refractivity contribution >= 4 is 5.97 Å². The van der Waals surface area contributed by atoms with Crippen molar-refractivity contribution in [3.63, 3.8) is 0 Å². The molecule has 0 saturated carbocycles. The molecule has 1 atom stereocenters. The van der Waals surface area contributed by atoms with E-state index in [0.29, 0.717) is 5.75 Å². The van der Waals surface area contributed by atoms with E-state index in [-0.39, 0.29) is 0 Å². The summed E-state index contributed by atoms with van der Waals surface area (Å²) >= 11 is 0. The first-order chi connectivity index (χ1) is 7.04. The van der Waals surface area contributed by atoms with Crippen LogP contribution in [-0.2, 0) is 11.2 Å². The predicted octanol–water partition coefficient (Wildman–Crippen LogP) is 1.80. The van der Waals surface area contributed by atoms with Gasteiger partial charge in [0.05, 0.1) is 5.69 Å². The van der Waals surface area contributed by atoms with E-state index in [1.54, 1.807) is 6.07 Å². The number of rotatable bonds is 4. The van der Waals surface area contributed by atoms with E-state index in [0.717, 1.165) is 17.8 Å². The fourth-order valence-electron chi connectivity index (χ4n) is 1.20. The molecule has 0 aromatic carbocycles. The molecule has 4 nitrogen and oxygen atoms in total. The molecule has 0 aliphatic carbocycles. The van der Waals surface area contributed by atoms with E-state index in [1.165, 1.54) is 6.92 Å². The van der Waals surface area contributed by atoms with Crippen molar-refractivity contribution in [2.75, 3.05) is 0 Å². The summed E-state index contributed by atoms with van der Waals surface area (Å²) in [5.41, 5.74) is 1.70. The molecule has 1 aromatic heterocycles. The van der Waals surface area contributed by atoms with Gasteiger partial charge in [0.15, 0.2) is 6.10 Å². The molecule has 0 aliphatic rings. The van der Waals surface area contributed by atoms with E-state index < -0.39 is 12.1 Å². The van der Waals surface area contributed by atoms with Crippen molar-refractivity contribution in [2.45, 2.75) is 33.3 Å². The quantitative estimate of drug-likeness (QED) is 0.821. The maximum Gasteiger partial charge on any atom is 0.344 e. The third kappa shape index (κ3) is 2.94. The standard InChI is InChI=1S/C11H15NO3/c1-4-9-10(6-5-7(2)12-9)15-8(3)11(13)14/h5-6,8H,4H2,1-3H3,(H,13,14). The number of hydrogen-bond donors (Lipinski definition) is 1. The average Bonchev–Trinajstić information content (AvgIpc) is 2.20. The van der Waals surface area contributed by atoms with Crippen LogP contribution in [0.2, 0.25) is 0 Å². The Morgan fingerprint density at radius 1 is 1.60 bits per heavy atom. The third-order valence-electron chi connectivity index (χ3n) is 2.06. The summed E-state index contributed by atoms with van der Waals surface area (Å²) in [7, 11) is 0. The third-order valence-corrected chi connectivity index (χ3v) is 2.06. The summed E-state index contributed by atoms with van der Waals surface area (Å²) in [6.45, 7) is 5.35. The second-order valence-electron chi connectivity index (χ2n) is 3.35. The highest BCUT2D eigenvalue weighted by molar-refractivity contribution is 5.72. The van der Waals surface area contributed by atoms with Gasteiger partial charge in [0.2, 0.25) is 0 Å². The number of pyridine rings is 1. The van der Waals surface area contributed by atoms with Crippen molar-refractivity contribution < 1.29 is 14.6 Å². The van der Waals surface area contributed by atoms with Gasteiger partial charge in [0, 0.05) is 5.69 Å². The molecule has 82 valence electrons. The van der Waals surface area contributed by atoms with Gasteiger partial charge in [-0.1, -0.05) is 6.92 Å². The van der Waals surface area contributed by atoms with Crippen molar-refractivity contribution in [3.05, 3.63) is 23.5 Å². The van der Waals surface area contributed by atoms with Crippen LogP contribution in [0.15, 0.2) is 12.1 Å². The normalized spacial score (nSPS) is 12.2. The molecule has 0 bridgehead atoms. The van der Waals surface area contributed by atoms with Crippen LogP contribution in [0.25, 0.3) is 0 Å². The summed E-state index contributed by atoms with van der Waals surface area (Å²) < 4.78 is 5.29. The van der Waals surface area contributed by atoms with Gasteiger partial charge in [-0.15, -0.1) is 0 Å². The highest BCUT2D eigenvalue weighted by Gasteiger charge is 2.14. The first-order valence-electron chi connectivity index (χ1n) is 4.90. The lowest BCUT2D eigenvalue weighted by atomic mass is 10.2. The average molecular weight is 209 g/mol. The Balaban J connectivity index is 2.89. The number of nitrogens with zero attached hydrogens (tertiary/aromatic N) is 1. The number of aryl methyl sites for hydroxylation is 2. The van der Waals surface area contributed by atoms with Gasteiger partial charge in [-0.2, -0.15) is 0 Å². The maximum atomic E-state index is 10.6. The lowest BCUT2D eigenvalue weighted by molar-refractivity contribution is -0.144. The smallest absolute Gasteiger partial charge is 0.344 e. The molecular weight excluding hydrogens is 194 g/mol. The zero-order valence-electron chi connectivity index (χ0n) is 9.15. The van der Waals surface area contributed by atoms with Gasteiger partial charge in [-0.05, 0) is 32.4 Å². The number of aliphatic carboxylic acids is 1. The van der Waals surface area contributed by atoms with E-state index in [2.05, 4.69) is 4.98 Å². The summed E-state index contributed by atoms with van der Waals surface area (Å²) in [6, 6.07) is 3.57. The van der Waals surface area contributed by atoms with Crippen molar-refractivity contribution in [1.29, 1.82) is 0 Å². The Morgan fingerprint density at radius 3 is 2.80 bits per heavy atom. The topological polar surface area (TPSA) is 59.4 Å². The molecule has 0 radical (unpaired) electrons. The Hall–Kier alpha value is -1.58. The number of carbonyl (C=O) groups is 1. The molecule has 1 aromatic rings. The van der Waals surface area contributed by atoms with Gasteiger partial charge in [0.1, 0.15) is 5.75 Å². The van der Waals surface area contributed by atoms with Gasteiger partial charge < -0.3 is 9.84 Å². The van der Waals surface area contributed by atoms with Crippen LogP contribution < -0.4 is 4.74 Å². The fraction of sp³-hybridized carbons (Fsp3) is 0.455. The van der Waals surface area contributed by atoms with Crippen molar-refractivity contribution in [3.8, 4) is 5.75 Å². The molecule has 4 heteroatoms. The lowest BCUT2D eigenvalue weighted by Gasteiger charge is -2.13. The van der Waals surface area contributed by atoms with Crippen LogP contribution in [0.4, 0.5) is 0 Å². The number of hydrogen-bond acceptors (Lipinski definition) is 3. The van der Waals surface area contributed by atoms with Crippen LogP contribution in [0.5, 0.6) is 5.75 Å². The second-order valence-corrected chi connectivity index (χ2v) is 3.35. The Labute approximate surface area is 88.9 Å². The van der Waals surface area contributed by atoms with E-state index in [1.807, 2.05) is 19.9 Å². The van der Waals surface area contributed by atoms with Crippen LogP contribution in [0.1, 0.15) is 25.2 Å². The monoisotopic (exact) mass is 209 g/mol. The van der Waals surface area contributed by atoms with Crippen LogP contribution in [0, 0.1) is 6.92 Å². The highest BCUT2D eigenvalue weighted by Crippen LogP contribution is 2.18. The minimum Gasteiger partial charge on any atom is -0.479 e. The number of carboxylic acids is 1. The largest absolute Gasteiger partial charge is 0.479 e. The molecule has 1 heterocycles. The fourth-order valence-corrected chi connectivity index (χ4v) is 1.20. The van der Waals surface area contributed by atoms with E-state index in [4.69, 9.17) is 9.84 Å². The van der Waals surface area contributed by atoms with E-state index >= 15 is 0 Å². The highest BCUT2D eigenvalue weighted by atomic mass is 16.5. The SMILES string of the molecule is CCc1nc(C)ccc1OC(C)C(=O)O. The van der Waals surface area contributed by atoms with Gasteiger partial charge >= 0.3 is 5.97 Å². The zero-order chi connectivity index (χ0) is 11.4. The summed E-state index contributed by atoms with van der Waals surface area (Å²) in [5.74, 6) is -0.421. The molecule has 0 amide bonds. The molecular formula is C11H15NO3. The Kier molecular flexibility index (Phi) is 3.66. The Morgan fingerprint density at radius 2 is 2.27 bits per heavy atom. The molecule has 0 fully saturated rings. The number of ether oxygens (including phenoxy) is 1. The van der Waals surface area contributed by atoms with Gasteiger partial charge in [0.25, 0.3) is 0 Å². The van der Waals surface area contributed by atoms with Crippen LogP contribution >= 0.6 is 0 Å². The maximum absolute atomic E-state index is 10.6. The summed E-state index contributed by atoms with van der Waals surface area (Å²) in [4.78, 5) is 14.9. The number of aromatic nitrogens is 1. The van der Waals surface area contributed by atoms with Crippen molar-refractivity contribution in [2.24, 2.45) is 0 Å². The summed E-state index contributed by atoms with van der Waals surface area (Å²) in [5, 5.41) is 8.72. The van der Waals surface area contributed by atoms with Gasteiger partial charge in [-0.25, -0.2) is 4.79 Å². The van der Waals surface area contributed by atoms with E-state index in [9.17, 15) is 4.79 Å². The second kappa shape index (κ2) is 4.77. The molecule has 1 unspecified atom stereocenters. The Bertz CT molecular complexity index is 363. The zero-order valence-corrected chi connectivity index (χ0v) is 9.15. The lowest BCUT2D eigenvalue weighted by Crippen LogP contribution is -2.23. The molecule has 0 saturated heterocycles. The molecule has 0 aliphatic heterocycles. The molecule has 0 spiro atoms. The first kappa shape index (κ1) is 11.5. The minimum absolute atomic E-state index is 0.554. The first-order valence-corrected chi connectivity index (χ1v) is 4.90. The van der Waals surface area contributed by atoms with Crippen molar-refractivity contribution in [1.82, 2.24) is 4.98 Å². The molecule has 1 rings (SSSR count). The van der Waals surface area contributed by atoms with Gasteiger partial charge in [-0.3, -0.25) is 4.98 Å². The molecule has 1 N–H and O–H groups in total. The molecule has 15 heavy (non-hydrogen) atoms.